The van der Waals surface area contributed by atoms with Crippen molar-refractivity contribution >= 4 is 11.8 Å². The van der Waals surface area contributed by atoms with Gasteiger partial charge in [-0.05, 0) is 56.0 Å². The summed E-state index contributed by atoms with van der Waals surface area (Å²) < 4.78 is 5.42. The van der Waals surface area contributed by atoms with Crippen LogP contribution in [0.5, 0.6) is 5.75 Å². The summed E-state index contributed by atoms with van der Waals surface area (Å²) in [6.45, 7) is 6.93. The van der Waals surface area contributed by atoms with Crippen LogP contribution in [0, 0.1) is 5.92 Å². The van der Waals surface area contributed by atoms with Crippen molar-refractivity contribution in [3.63, 3.8) is 0 Å². The number of benzene rings is 2. The van der Waals surface area contributed by atoms with E-state index in [9.17, 15) is 9.59 Å². The number of hydrogen-bond acceptors (Lipinski definition) is 4. The minimum absolute atomic E-state index is 0.0392. The van der Waals surface area contributed by atoms with E-state index in [1.807, 2.05) is 57.2 Å². The van der Waals surface area contributed by atoms with Crippen LogP contribution in [0.2, 0.25) is 0 Å². The molecule has 1 aromatic heterocycles. The lowest BCUT2D eigenvalue weighted by Gasteiger charge is -2.27. The molecule has 0 radical (unpaired) electrons. The fourth-order valence-electron chi connectivity index (χ4n) is 3.71. The third-order valence-electron chi connectivity index (χ3n) is 5.66. The highest BCUT2D eigenvalue weighted by molar-refractivity contribution is 5.97. The van der Waals surface area contributed by atoms with Crippen LogP contribution >= 0.6 is 0 Å². The van der Waals surface area contributed by atoms with E-state index in [2.05, 4.69) is 15.5 Å². The summed E-state index contributed by atoms with van der Waals surface area (Å²) in [5, 5.41) is 10.4. The van der Waals surface area contributed by atoms with Gasteiger partial charge in [0.2, 0.25) is 5.91 Å². The van der Waals surface area contributed by atoms with Gasteiger partial charge >= 0.3 is 0 Å². The average Bonchev–Trinajstić information content (AvgIpc) is 3.32. The van der Waals surface area contributed by atoms with Gasteiger partial charge in [-0.2, -0.15) is 5.10 Å². The lowest BCUT2D eigenvalue weighted by Crippen LogP contribution is -2.50. The minimum Gasteiger partial charge on any atom is -0.494 e. The van der Waals surface area contributed by atoms with E-state index >= 15 is 0 Å². The summed E-state index contributed by atoms with van der Waals surface area (Å²) in [5.41, 5.74) is 3.51. The third-order valence-corrected chi connectivity index (χ3v) is 5.66. The molecule has 0 saturated heterocycles. The Kier molecular flexibility index (Phi) is 8.85. The lowest BCUT2D eigenvalue weighted by molar-refractivity contribution is -0.133. The molecule has 180 valence electrons. The number of likely N-dealkylation sites (N-methyl/N-ethyl adjacent to an activating group) is 1. The SMILES string of the molecule is CCOc1ccc(C(=O)NC(C(=O)N(C)CCCc2cc(-c3ccccc3)n[nH]2)C(C)C)cc1. The molecule has 34 heavy (non-hydrogen) atoms. The van der Waals surface area contributed by atoms with Crippen molar-refractivity contribution in [2.45, 2.75) is 39.7 Å². The van der Waals surface area contributed by atoms with Gasteiger partial charge in [0, 0.05) is 30.4 Å². The molecule has 7 nitrogen and oxygen atoms in total. The Labute approximate surface area is 201 Å². The molecule has 0 aliphatic rings. The van der Waals surface area contributed by atoms with Crippen molar-refractivity contribution in [2.75, 3.05) is 20.2 Å². The van der Waals surface area contributed by atoms with Crippen molar-refractivity contribution in [1.29, 1.82) is 0 Å². The second kappa shape index (κ2) is 12.0. The Balaban J connectivity index is 1.52. The molecule has 0 bridgehead atoms. The predicted molar refractivity (Wildman–Crippen MR) is 134 cm³/mol. The number of ether oxygens (including phenoxy) is 1. The summed E-state index contributed by atoms with van der Waals surface area (Å²) in [7, 11) is 1.78. The Hall–Kier alpha value is -3.61. The smallest absolute Gasteiger partial charge is 0.251 e. The molecular formula is C27H34N4O3. The van der Waals surface area contributed by atoms with E-state index in [4.69, 9.17) is 4.74 Å². The van der Waals surface area contributed by atoms with Crippen LogP contribution in [0.4, 0.5) is 0 Å². The van der Waals surface area contributed by atoms with Gasteiger partial charge in [-0.1, -0.05) is 44.2 Å². The second-order valence-electron chi connectivity index (χ2n) is 8.66. The van der Waals surface area contributed by atoms with Crippen LogP contribution < -0.4 is 10.1 Å². The van der Waals surface area contributed by atoms with Gasteiger partial charge in [0.15, 0.2) is 0 Å². The van der Waals surface area contributed by atoms with E-state index in [-0.39, 0.29) is 17.7 Å². The maximum Gasteiger partial charge on any atom is 0.251 e. The molecule has 2 amide bonds. The van der Waals surface area contributed by atoms with Gasteiger partial charge in [0.25, 0.3) is 5.91 Å². The van der Waals surface area contributed by atoms with Crippen LogP contribution in [0.15, 0.2) is 60.7 Å². The van der Waals surface area contributed by atoms with Crippen LogP contribution in [-0.2, 0) is 11.2 Å². The van der Waals surface area contributed by atoms with Crippen LogP contribution in [0.1, 0.15) is 43.2 Å². The van der Waals surface area contributed by atoms with Gasteiger partial charge in [-0.3, -0.25) is 14.7 Å². The molecule has 3 rings (SSSR count). The number of aromatic nitrogens is 2. The molecule has 0 aliphatic heterocycles. The first-order chi connectivity index (χ1) is 16.4. The summed E-state index contributed by atoms with van der Waals surface area (Å²) in [4.78, 5) is 27.5. The quantitative estimate of drug-likeness (QED) is 0.444. The lowest BCUT2D eigenvalue weighted by atomic mass is 10.0. The normalized spacial score (nSPS) is 11.8. The topological polar surface area (TPSA) is 87.3 Å². The Morgan fingerprint density at radius 2 is 1.79 bits per heavy atom. The molecule has 0 aliphatic carbocycles. The predicted octanol–water partition coefficient (Wildman–Crippen LogP) is 4.32. The van der Waals surface area contributed by atoms with Gasteiger partial charge in [-0.25, -0.2) is 0 Å². The molecule has 1 heterocycles. The van der Waals surface area contributed by atoms with Crippen LogP contribution in [0.3, 0.4) is 0 Å². The number of aryl methyl sites for hydroxylation is 1. The van der Waals surface area contributed by atoms with E-state index in [0.29, 0.717) is 24.5 Å². The zero-order chi connectivity index (χ0) is 24.5. The molecule has 0 saturated carbocycles. The minimum atomic E-state index is -0.596. The number of H-pyrrole nitrogens is 1. The number of carbonyl (C=O) groups excluding carboxylic acids is 2. The van der Waals surface area contributed by atoms with Crippen molar-refractivity contribution < 1.29 is 14.3 Å². The number of nitrogens with zero attached hydrogens (tertiary/aromatic N) is 2. The molecular weight excluding hydrogens is 428 g/mol. The number of amides is 2. The van der Waals surface area contributed by atoms with Crippen molar-refractivity contribution in [2.24, 2.45) is 5.92 Å². The fourth-order valence-corrected chi connectivity index (χ4v) is 3.71. The van der Waals surface area contributed by atoms with E-state index < -0.39 is 6.04 Å². The first-order valence-corrected chi connectivity index (χ1v) is 11.8. The zero-order valence-electron chi connectivity index (χ0n) is 20.4. The number of carbonyl (C=O) groups is 2. The standard InChI is InChI=1S/C27H34N4O3/c1-5-34-23-15-13-21(14-16-23)26(32)28-25(19(2)3)27(33)31(4)17-9-12-22-18-24(30-29-22)20-10-7-6-8-11-20/h6-8,10-11,13-16,18-19,25H,5,9,12,17H2,1-4H3,(H,28,32)(H,29,30). The Bertz CT molecular complexity index is 1060. The van der Waals surface area contributed by atoms with Crippen molar-refractivity contribution in [3.05, 3.63) is 71.9 Å². The summed E-state index contributed by atoms with van der Waals surface area (Å²) in [6, 6.07) is 18.4. The average molecular weight is 463 g/mol. The van der Waals surface area contributed by atoms with E-state index in [1.54, 1.807) is 36.2 Å². The van der Waals surface area contributed by atoms with Gasteiger partial charge in [0.1, 0.15) is 11.8 Å². The highest BCUT2D eigenvalue weighted by atomic mass is 16.5. The van der Waals surface area contributed by atoms with Crippen LogP contribution in [-0.4, -0.2) is 53.2 Å². The fraction of sp³-hybridized carbons (Fsp3) is 0.370. The first-order valence-electron chi connectivity index (χ1n) is 11.8. The van der Waals surface area contributed by atoms with Crippen molar-refractivity contribution in [3.8, 4) is 17.0 Å². The highest BCUT2D eigenvalue weighted by Gasteiger charge is 2.27. The summed E-state index contributed by atoms with van der Waals surface area (Å²) in [5.74, 6) is 0.310. The number of nitrogens with one attached hydrogen (secondary N) is 2. The van der Waals surface area contributed by atoms with E-state index in [1.165, 1.54) is 0 Å². The Morgan fingerprint density at radius 1 is 1.09 bits per heavy atom. The highest BCUT2D eigenvalue weighted by Crippen LogP contribution is 2.18. The van der Waals surface area contributed by atoms with Crippen molar-refractivity contribution in [1.82, 2.24) is 20.4 Å². The zero-order valence-corrected chi connectivity index (χ0v) is 20.4. The summed E-state index contributed by atoms with van der Waals surface area (Å²) in [6.07, 6.45) is 1.57. The van der Waals surface area contributed by atoms with Gasteiger partial charge in [0.05, 0.1) is 12.3 Å². The van der Waals surface area contributed by atoms with Gasteiger partial charge in [-0.15, -0.1) is 0 Å². The first kappa shape index (κ1) is 25.0. The number of rotatable bonds is 11. The third kappa shape index (κ3) is 6.70. The van der Waals surface area contributed by atoms with E-state index in [0.717, 1.165) is 29.8 Å². The molecule has 7 heteroatoms. The number of hydrogen-bond donors (Lipinski definition) is 2. The second-order valence-corrected chi connectivity index (χ2v) is 8.66. The Morgan fingerprint density at radius 3 is 2.44 bits per heavy atom. The molecule has 2 N–H and O–H groups in total. The molecule has 0 fully saturated rings. The molecule has 3 aromatic rings. The monoisotopic (exact) mass is 462 g/mol. The maximum atomic E-state index is 13.1. The maximum absolute atomic E-state index is 13.1. The molecule has 0 spiro atoms. The van der Waals surface area contributed by atoms with Crippen LogP contribution in [0.25, 0.3) is 11.3 Å². The molecule has 2 aromatic carbocycles. The molecule has 1 atom stereocenters. The number of aromatic amines is 1. The van der Waals surface area contributed by atoms with Gasteiger partial charge < -0.3 is 15.0 Å². The summed E-state index contributed by atoms with van der Waals surface area (Å²) >= 11 is 0. The largest absolute Gasteiger partial charge is 0.494 e. The molecule has 1 unspecified atom stereocenters.